The molecule has 0 aromatic carbocycles. The van der Waals surface area contributed by atoms with Gasteiger partial charge in [0.25, 0.3) is 0 Å². The van der Waals surface area contributed by atoms with E-state index in [0.29, 0.717) is 11.9 Å². The van der Waals surface area contributed by atoms with Crippen LogP contribution in [0.3, 0.4) is 0 Å². The maximum Gasteiger partial charge on any atom is 0.188 e. The number of nitrogens with two attached hydrogens (primary N) is 1. The largest absolute Gasteiger partial charge is 0.370 e. The molecule has 3 N–H and O–H groups in total. The number of guanidine groups is 1. The number of hydrogen-bond donors (Lipinski definition) is 2. The monoisotopic (exact) mass is 434 g/mol. The highest BCUT2D eigenvalue weighted by Gasteiger charge is 2.13. The Balaban J connectivity index is 0.00000264. The summed E-state index contributed by atoms with van der Waals surface area (Å²) in [6.45, 7) is 7.11. The van der Waals surface area contributed by atoms with E-state index in [1.165, 1.54) is 19.3 Å². The van der Waals surface area contributed by atoms with E-state index in [2.05, 4.69) is 38.9 Å². The molecule has 0 bridgehead atoms. The fraction of sp³-hybridized carbons (Fsp3) is 0.812. The highest BCUT2D eigenvalue weighted by molar-refractivity contribution is 14.0. The normalized spacial score (nSPS) is 15.0. The molecule has 0 fully saturated rings. The molecule has 0 spiro atoms. The molecule has 23 heavy (non-hydrogen) atoms. The first-order valence-electron chi connectivity index (χ1n) is 8.61. The minimum atomic E-state index is 0. The summed E-state index contributed by atoms with van der Waals surface area (Å²) >= 11 is 0. The lowest BCUT2D eigenvalue weighted by molar-refractivity contribution is 0.576. The fourth-order valence-corrected chi connectivity index (χ4v) is 2.71. The van der Waals surface area contributed by atoms with Gasteiger partial charge >= 0.3 is 0 Å². The molecule has 0 aliphatic carbocycles. The molecule has 1 aliphatic rings. The summed E-state index contributed by atoms with van der Waals surface area (Å²) in [6.07, 6.45) is 7.84. The van der Waals surface area contributed by atoms with Gasteiger partial charge in [-0.05, 0) is 31.6 Å². The van der Waals surface area contributed by atoms with Crippen LogP contribution >= 0.6 is 24.0 Å². The number of aryl methyl sites for hydroxylation is 2. The number of halogens is 1. The Bertz CT molecular complexity index is 483. The average molecular weight is 434 g/mol. The number of aromatic nitrogens is 3. The molecule has 1 aromatic heterocycles. The molecule has 0 radical (unpaired) electrons. The summed E-state index contributed by atoms with van der Waals surface area (Å²) < 4.78 is 2.31. The first-order chi connectivity index (χ1) is 10.7. The van der Waals surface area contributed by atoms with Crippen molar-refractivity contribution in [3.8, 4) is 0 Å². The molecule has 0 atom stereocenters. The predicted octanol–water partition coefficient (Wildman–Crippen LogP) is 2.51. The first-order valence-corrected chi connectivity index (χ1v) is 8.61. The standard InChI is InChI=1S/C16H30N6.HI/c1-13(2)9-11-19-16(17)18-10-6-8-15-21-20-14-7-4-3-5-12-22(14)15;/h13H,3-12H2,1-2H3,(H3,17,18,19);1H. The summed E-state index contributed by atoms with van der Waals surface area (Å²) in [6, 6.07) is 0. The van der Waals surface area contributed by atoms with Gasteiger partial charge in [-0.2, -0.15) is 0 Å². The van der Waals surface area contributed by atoms with Crippen molar-refractivity contribution < 1.29 is 0 Å². The third-order valence-corrected chi connectivity index (χ3v) is 4.05. The maximum absolute atomic E-state index is 5.86. The third-order valence-electron chi connectivity index (χ3n) is 4.05. The van der Waals surface area contributed by atoms with E-state index >= 15 is 0 Å². The van der Waals surface area contributed by atoms with Crippen molar-refractivity contribution in [3.63, 3.8) is 0 Å². The number of rotatable bonds is 7. The molecule has 2 heterocycles. The van der Waals surface area contributed by atoms with Gasteiger partial charge < -0.3 is 15.6 Å². The Morgan fingerprint density at radius 3 is 2.91 bits per heavy atom. The van der Waals surface area contributed by atoms with Gasteiger partial charge in [0.15, 0.2) is 5.96 Å². The predicted molar refractivity (Wildman–Crippen MR) is 105 cm³/mol. The zero-order valence-corrected chi connectivity index (χ0v) is 16.8. The molecular formula is C16H31IN6. The Morgan fingerprint density at radius 1 is 1.30 bits per heavy atom. The number of fused-ring (bicyclic) bond motifs is 1. The van der Waals surface area contributed by atoms with E-state index in [1.807, 2.05) is 0 Å². The lowest BCUT2D eigenvalue weighted by Gasteiger charge is -2.08. The van der Waals surface area contributed by atoms with Gasteiger partial charge in [-0.3, -0.25) is 4.99 Å². The molecule has 2 rings (SSSR count). The molecular weight excluding hydrogens is 403 g/mol. The SMILES string of the molecule is CC(C)CCNC(N)=NCCCc1nnc2n1CCCCC2.I. The van der Waals surface area contributed by atoms with Crippen LogP contribution in [0.2, 0.25) is 0 Å². The first kappa shape index (κ1) is 20.2. The molecule has 6 nitrogen and oxygen atoms in total. The number of nitrogens with zero attached hydrogens (tertiary/aromatic N) is 4. The Hall–Kier alpha value is -0.860. The van der Waals surface area contributed by atoms with Gasteiger partial charge in [0.05, 0.1) is 0 Å². The fourth-order valence-electron chi connectivity index (χ4n) is 2.71. The van der Waals surface area contributed by atoms with E-state index in [9.17, 15) is 0 Å². The number of aliphatic imine (C=N–C) groups is 1. The summed E-state index contributed by atoms with van der Waals surface area (Å²) in [5, 5.41) is 11.8. The molecule has 0 amide bonds. The van der Waals surface area contributed by atoms with Gasteiger partial charge in [0.2, 0.25) is 0 Å². The number of hydrogen-bond acceptors (Lipinski definition) is 3. The van der Waals surface area contributed by atoms with E-state index < -0.39 is 0 Å². The second-order valence-corrected chi connectivity index (χ2v) is 6.47. The Kier molecular flexibility index (Phi) is 9.50. The zero-order chi connectivity index (χ0) is 15.8. The minimum Gasteiger partial charge on any atom is -0.370 e. The lowest BCUT2D eigenvalue weighted by atomic mass is 10.1. The molecule has 132 valence electrons. The van der Waals surface area contributed by atoms with Crippen molar-refractivity contribution in [2.24, 2.45) is 16.6 Å². The van der Waals surface area contributed by atoms with Gasteiger partial charge in [0.1, 0.15) is 11.6 Å². The average Bonchev–Trinajstić information content (AvgIpc) is 2.70. The van der Waals surface area contributed by atoms with Crippen molar-refractivity contribution >= 4 is 29.9 Å². The third kappa shape index (κ3) is 7.05. The number of nitrogens with one attached hydrogen (secondary N) is 1. The second kappa shape index (κ2) is 10.8. The van der Waals surface area contributed by atoms with Crippen LogP contribution in [0.25, 0.3) is 0 Å². The lowest BCUT2D eigenvalue weighted by Crippen LogP contribution is -2.33. The molecule has 0 unspecified atom stereocenters. The van der Waals surface area contributed by atoms with Crippen molar-refractivity contribution in [1.82, 2.24) is 20.1 Å². The van der Waals surface area contributed by atoms with Crippen molar-refractivity contribution in [3.05, 3.63) is 11.6 Å². The summed E-state index contributed by atoms with van der Waals surface area (Å²) in [4.78, 5) is 4.38. The summed E-state index contributed by atoms with van der Waals surface area (Å²) in [5.74, 6) is 3.51. The summed E-state index contributed by atoms with van der Waals surface area (Å²) in [7, 11) is 0. The van der Waals surface area contributed by atoms with E-state index in [-0.39, 0.29) is 24.0 Å². The molecule has 0 saturated carbocycles. The highest BCUT2D eigenvalue weighted by atomic mass is 127. The van der Waals surface area contributed by atoms with Crippen LogP contribution in [0.1, 0.15) is 57.6 Å². The van der Waals surface area contributed by atoms with E-state index in [4.69, 9.17) is 5.73 Å². The molecule has 0 saturated heterocycles. The second-order valence-electron chi connectivity index (χ2n) is 6.47. The summed E-state index contributed by atoms with van der Waals surface area (Å²) in [5.41, 5.74) is 5.86. The van der Waals surface area contributed by atoms with Gasteiger partial charge in [0, 0.05) is 32.5 Å². The molecule has 1 aliphatic heterocycles. The van der Waals surface area contributed by atoms with Crippen molar-refractivity contribution in [2.75, 3.05) is 13.1 Å². The topological polar surface area (TPSA) is 81.1 Å². The van der Waals surface area contributed by atoms with Crippen LogP contribution < -0.4 is 11.1 Å². The van der Waals surface area contributed by atoms with Crippen molar-refractivity contribution in [1.29, 1.82) is 0 Å². The van der Waals surface area contributed by atoms with Gasteiger partial charge in [-0.15, -0.1) is 34.2 Å². The van der Waals surface area contributed by atoms with Gasteiger partial charge in [-0.1, -0.05) is 20.3 Å². The molecule has 1 aromatic rings. The maximum atomic E-state index is 5.86. The molecule has 7 heteroatoms. The quantitative estimate of drug-likeness (QED) is 0.299. The van der Waals surface area contributed by atoms with E-state index in [1.54, 1.807) is 0 Å². The zero-order valence-electron chi connectivity index (χ0n) is 14.4. The smallest absolute Gasteiger partial charge is 0.188 e. The van der Waals surface area contributed by atoms with Crippen LogP contribution in [0.15, 0.2) is 4.99 Å². The Labute approximate surface area is 156 Å². The minimum absolute atomic E-state index is 0. The van der Waals surface area contributed by atoms with Gasteiger partial charge in [-0.25, -0.2) is 0 Å². The Morgan fingerprint density at radius 2 is 2.13 bits per heavy atom. The van der Waals surface area contributed by atoms with Crippen molar-refractivity contribution in [2.45, 2.75) is 65.3 Å². The highest BCUT2D eigenvalue weighted by Crippen LogP contribution is 2.15. The van der Waals surface area contributed by atoms with Crippen LogP contribution in [0.4, 0.5) is 0 Å². The van der Waals surface area contributed by atoms with Crippen LogP contribution in [0.5, 0.6) is 0 Å². The van der Waals surface area contributed by atoms with Crippen LogP contribution in [-0.4, -0.2) is 33.8 Å². The van der Waals surface area contributed by atoms with Crippen LogP contribution in [0, 0.1) is 5.92 Å². The van der Waals surface area contributed by atoms with Crippen LogP contribution in [-0.2, 0) is 19.4 Å². The van der Waals surface area contributed by atoms with E-state index in [0.717, 1.165) is 57.0 Å².